The average molecular weight is 309 g/mol. The standard InChI is InChI=1S/C18H29ClN2/c1-4-7-17-11-20-18(14(3)5-2)13-21(17)12-15-8-6-9-16(19)10-15/h6,8-10,14,17-18,20H,4-5,7,11-13H2,1-3H3. The number of hydrogen-bond acceptors (Lipinski definition) is 2. The lowest BCUT2D eigenvalue weighted by atomic mass is 9.94. The van der Waals surface area contributed by atoms with E-state index < -0.39 is 0 Å². The van der Waals surface area contributed by atoms with E-state index in [9.17, 15) is 0 Å². The Morgan fingerprint density at radius 1 is 1.38 bits per heavy atom. The summed E-state index contributed by atoms with van der Waals surface area (Å²) < 4.78 is 0. The van der Waals surface area contributed by atoms with E-state index in [4.69, 9.17) is 11.6 Å². The van der Waals surface area contributed by atoms with E-state index in [0.717, 1.165) is 30.6 Å². The van der Waals surface area contributed by atoms with Crippen LogP contribution in [-0.2, 0) is 6.54 Å². The van der Waals surface area contributed by atoms with E-state index in [1.165, 1.54) is 24.8 Å². The van der Waals surface area contributed by atoms with Gasteiger partial charge in [-0.25, -0.2) is 0 Å². The fourth-order valence-corrected chi connectivity index (χ4v) is 3.44. The van der Waals surface area contributed by atoms with Gasteiger partial charge >= 0.3 is 0 Å². The molecule has 1 aromatic rings. The molecule has 3 heteroatoms. The van der Waals surface area contributed by atoms with Crippen molar-refractivity contribution in [2.24, 2.45) is 5.92 Å². The summed E-state index contributed by atoms with van der Waals surface area (Å²) in [7, 11) is 0. The number of nitrogens with one attached hydrogen (secondary N) is 1. The van der Waals surface area contributed by atoms with Gasteiger partial charge in [-0.3, -0.25) is 4.90 Å². The van der Waals surface area contributed by atoms with Gasteiger partial charge in [-0.1, -0.05) is 57.3 Å². The summed E-state index contributed by atoms with van der Waals surface area (Å²) in [5.74, 6) is 0.731. The number of halogens is 1. The first-order chi connectivity index (χ1) is 10.1. The maximum absolute atomic E-state index is 6.13. The molecule has 2 rings (SSSR count). The summed E-state index contributed by atoms with van der Waals surface area (Å²) in [6.07, 6.45) is 3.74. The second kappa shape index (κ2) is 8.17. The minimum atomic E-state index is 0.613. The second-order valence-corrected chi connectivity index (χ2v) is 6.84. The summed E-state index contributed by atoms with van der Waals surface area (Å²) in [5.41, 5.74) is 1.33. The van der Waals surface area contributed by atoms with Gasteiger partial charge in [0.15, 0.2) is 0 Å². The molecule has 1 aliphatic heterocycles. The molecule has 3 atom stereocenters. The molecular formula is C18H29ClN2. The van der Waals surface area contributed by atoms with Crippen LogP contribution in [0.3, 0.4) is 0 Å². The Labute approximate surface area is 134 Å². The van der Waals surface area contributed by atoms with E-state index in [2.05, 4.69) is 49.2 Å². The average Bonchev–Trinajstić information content (AvgIpc) is 2.48. The van der Waals surface area contributed by atoms with Crippen LogP contribution in [0.15, 0.2) is 24.3 Å². The van der Waals surface area contributed by atoms with E-state index >= 15 is 0 Å². The molecule has 1 fully saturated rings. The van der Waals surface area contributed by atoms with Crippen molar-refractivity contribution in [3.8, 4) is 0 Å². The number of rotatable bonds is 6. The van der Waals surface area contributed by atoms with Gasteiger partial charge in [0.1, 0.15) is 0 Å². The molecule has 0 aromatic heterocycles. The Hall–Kier alpha value is -0.570. The highest BCUT2D eigenvalue weighted by Crippen LogP contribution is 2.21. The van der Waals surface area contributed by atoms with Gasteiger partial charge in [0, 0.05) is 36.7 Å². The Morgan fingerprint density at radius 2 is 2.19 bits per heavy atom. The third kappa shape index (κ3) is 4.70. The highest BCUT2D eigenvalue weighted by molar-refractivity contribution is 6.30. The lowest BCUT2D eigenvalue weighted by Gasteiger charge is -2.42. The Bertz CT molecular complexity index is 435. The van der Waals surface area contributed by atoms with Gasteiger partial charge in [-0.2, -0.15) is 0 Å². The van der Waals surface area contributed by atoms with Gasteiger partial charge in [-0.05, 0) is 30.0 Å². The number of piperazine rings is 1. The topological polar surface area (TPSA) is 15.3 Å². The number of hydrogen-bond donors (Lipinski definition) is 1. The fraction of sp³-hybridized carbons (Fsp3) is 0.667. The Morgan fingerprint density at radius 3 is 2.86 bits per heavy atom. The minimum Gasteiger partial charge on any atom is -0.311 e. The molecule has 0 spiro atoms. The molecule has 1 aliphatic rings. The van der Waals surface area contributed by atoms with Gasteiger partial charge in [-0.15, -0.1) is 0 Å². The lowest BCUT2D eigenvalue weighted by molar-refractivity contribution is 0.0960. The molecule has 21 heavy (non-hydrogen) atoms. The van der Waals surface area contributed by atoms with Crippen LogP contribution >= 0.6 is 11.6 Å². The van der Waals surface area contributed by atoms with Gasteiger partial charge in [0.05, 0.1) is 0 Å². The van der Waals surface area contributed by atoms with Crippen molar-refractivity contribution in [1.82, 2.24) is 10.2 Å². The Balaban J connectivity index is 2.06. The highest BCUT2D eigenvalue weighted by Gasteiger charge is 2.29. The summed E-state index contributed by atoms with van der Waals surface area (Å²) in [4.78, 5) is 2.66. The quantitative estimate of drug-likeness (QED) is 0.841. The highest BCUT2D eigenvalue weighted by atomic mass is 35.5. The molecule has 1 aromatic carbocycles. The molecular weight excluding hydrogens is 280 g/mol. The smallest absolute Gasteiger partial charge is 0.0409 e. The van der Waals surface area contributed by atoms with Crippen molar-refractivity contribution < 1.29 is 0 Å². The molecule has 118 valence electrons. The largest absolute Gasteiger partial charge is 0.311 e. The van der Waals surface area contributed by atoms with Crippen molar-refractivity contribution >= 4 is 11.6 Å². The molecule has 3 unspecified atom stereocenters. The zero-order valence-corrected chi connectivity index (χ0v) is 14.4. The monoisotopic (exact) mass is 308 g/mol. The SMILES string of the molecule is CCCC1CNC(C(C)CC)CN1Cc1cccc(Cl)c1. The molecule has 1 N–H and O–H groups in total. The molecule has 2 nitrogen and oxygen atoms in total. The van der Waals surface area contributed by atoms with Crippen LogP contribution < -0.4 is 5.32 Å². The molecule has 0 amide bonds. The summed E-state index contributed by atoms with van der Waals surface area (Å²) in [6, 6.07) is 9.56. The summed E-state index contributed by atoms with van der Waals surface area (Å²) in [6.45, 7) is 10.2. The van der Waals surface area contributed by atoms with Crippen LogP contribution in [0.4, 0.5) is 0 Å². The Kier molecular flexibility index (Phi) is 6.53. The molecule has 1 saturated heterocycles. The predicted octanol–water partition coefficient (Wildman–Crippen LogP) is 4.33. The maximum atomic E-state index is 6.13. The molecule has 0 radical (unpaired) electrons. The zero-order valence-electron chi connectivity index (χ0n) is 13.6. The first-order valence-electron chi connectivity index (χ1n) is 8.35. The number of nitrogens with zero attached hydrogens (tertiary/aromatic N) is 1. The predicted molar refractivity (Wildman–Crippen MR) is 91.8 cm³/mol. The van der Waals surface area contributed by atoms with E-state index in [1.54, 1.807) is 0 Å². The van der Waals surface area contributed by atoms with E-state index in [-0.39, 0.29) is 0 Å². The van der Waals surface area contributed by atoms with Crippen LogP contribution in [0.1, 0.15) is 45.6 Å². The third-order valence-electron chi connectivity index (χ3n) is 4.79. The number of benzene rings is 1. The van der Waals surface area contributed by atoms with E-state index in [0.29, 0.717) is 12.1 Å². The summed E-state index contributed by atoms with van der Waals surface area (Å²) >= 11 is 6.13. The van der Waals surface area contributed by atoms with Crippen LogP contribution in [0.5, 0.6) is 0 Å². The van der Waals surface area contributed by atoms with Crippen molar-refractivity contribution in [3.63, 3.8) is 0 Å². The van der Waals surface area contributed by atoms with Gasteiger partial charge in [0.2, 0.25) is 0 Å². The van der Waals surface area contributed by atoms with Crippen molar-refractivity contribution in [1.29, 1.82) is 0 Å². The molecule has 0 bridgehead atoms. The second-order valence-electron chi connectivity index (χ2n) is 6.40. The van der Waals surface area contributed by atoms with Crippen LogP contribution in [0, 0.1) is 5.92 Å². The van der Waals surface area contributed by atoms with Crippen LogP contribution in [0.25, 0.3) is 0 Å². The third-order valence-corrected chi connectivity index (χ3v) is 5.03. The minimum absolute atomic E-state index is 0.613. The maximum Gasteiger partial charge on any atom is 0.0409 e. The van der Waals surface area contributed by atoms with E-state index in [1.807, 2.05) is 6.07 Å². The van der Waals surface area contributed by atoms with Crippen LogP contribution in [0.2, 0.25) is 5.02 Å². The normalized spacial score (nSPS) is 25.0. The molecule has 0 aliphatic carbocycles. The lowest BCUT2D eigenvalue weighted by Crippen LogP contribution is -2.57. The fourth-order valence-electron chi connectivity index (χ4n) is 3.23. The molecule has 0 saturated carbocycles. The first kappa shape index (κ1) is 16.8. The first-order valence-corrected chi connectivity index (χ1v) is 8.73. The van der Waals surface area contributed by atoms with Crippen molar-refractivity contribution in [3.05, 3.63) is 34.9 Å². The summed E-state index contributed by atoms with van der Waals surface area (Å²) in [5, 5.41) is 4.60. The van der Waals surface area contributed by atoms with Crippen molar-refractivity contribution in [2.45, 2.75) is 58.7 Å². The zero-order chi connectivity index (χ0) is 15.2. The van der Waals surface area contributed by atoms with Crippen molar-refractivity contribution in [2.75, 3.05) is 13.1 Å². The van der Waals surface area contributed by atoms with Crippen LogP contribution in [-0.4, -0.2) is 30.1 Å². The van der Waals surface area contributed by atoms with Gasteiger partial charge < -0.3 is 5.32 Å². The molecule has 1 heterocycles. The van der Waals surface area contributed by atoms with Gasteiger partial charge in [0.25, 0.3) is 0 Å².